The summed E-state index contributed by atoms with van der Waals surface area (Å²) in [5.41, 5.74) is 2.02. The van der Waals surface area contributed by atoms with Crippen LogP contribution in [0.3, 0.4) is 0 Å². The van der Waals surface area contributed by atoms with Crippen molar-refractivity contribution in [3.63, 3.8) is 0 Å². The fraction of sp³-hybridized carbons (Fsp3) is 0.733. The summed E-state index contributed by atoms with van der Waals surface area (Å²) in [6, 6.07) is 2.02. The van der Waals surface area contributed by atoms with Gasteiger partial charge in [0.05, 0.1) is 18.3 Å². The quantitative estimate of drug-likeness (QED) is 0.663. The zero-order chi connectivity index (χ0) is 15.5. The lowest BCUT2D eigenvalue weighted by Gasteiger charge is -2.29. The molecule has 0 radical (unpaired) electrons. The third-order valence-corrected chi connectivity index (χ3v) is 4.54. The number of hydrogen-bond acceptors (Lipinski definition) is 5. The van der Waals surface area contributed by atoms with Gasteiger partial charge < -0.3 is 15.3 Å². The first-order valence-electron chi connectivity index (χ1n) is 8.01. The molecule has 1 amide bonds. The minimum Gasteiger partial charge on any atom is -0.391 e. The molecule has 1 aromatic rings. The summed E-state index contributed by atoms with van der Waals surface area (Å²) in [6.45, 7) is 7.02. The number of carbonyl (C=O) groups is 1. The highest BCUT2D eigenvalue weighted by Crippen LogP contribution is 2.21. The van der Waals surface area contributed by atoms with Gasteiger partial charge in [-0.3, -0.25) is 14.8 Å². The van der Waals surface area contributed by atoms with Crippen LogP contribution in [-0.4, -0.2) is 82.9 Å². The predicted molar refractivity (Wildman–Crippen MR) is 82.4 cm³/mol. The molecule has 0 bridgehead atoms. The Bertz CT molecular complexity index is 512. The number of rotatable bonds is 4. The van der Waals surface area contributed by atoms with Crippen LogP contribution in [-0.2, 0) is 11.2 Å². The fourth-order valence-electron chi connectivity index (χ4n) is 3.32. The third kappa shape index (κ3) is 3.66. The van der Waals surface area contributed by atoms with Crippen LogP contribution in [0.2, 0.25) is 0 Å². The molecular weight excluding hydrogens is 282 g/mol. The maximum atomic E-state index is 12.3. The summed E-state index contributed by atoms with van der Waals surface area (Å²) in [7, 11) is 0. The molecule has 3 rings (SSSR count). The van der Waals surface area contributed by atoms with Gasteiger partial charge in [0.1, 0.15) is 0 Å². The number of carbonyl (C=O) groups excluding carboxylic acids is 1. The summed E-state index contributed by atoms with van der Waals surface area (Å²) in [6.07, 6.45) is 0.372. The molecule has 0 saturated carbocycles. The van der Waals surface area contributed by atoms with E-state index in [1.165, 1.54) is 0 Å². The minimum atomic E-state index is -0.382. The van der Waals surface area contributed by atoms with Crippen LogP contribution in [0.1, 0.15) is 11.4 Å². The van der Waals surface area contributed by atoms with Gasteiger partial charge in [-0.2, -0.15) is 5.10 Å². The number of hydrogen-bond donors (Lipinski definition) is 3. The van der Waals surface area contributed by atoms with E-state index in [2.05, 4.69) is 20.4 Å². The zero-order valence-electron chi connectivity index (χ0n) is 13.1. The molecule has 7 heteroatoms. The first-order valence-corrected chi connectivity index (χ1v) is 8.01. The second kappa shape index (κ2) is 6.76. The summed E-state index contributed by atoms with van der Waals surface area (Å²) < 4.78 is 0. The molecule has 2 saturated heterocycles. The topological polar surface area (TPSA) is 84.5 Å². The molecule has 7 nitrogen and oxygen atoms in total. The largest absolute Gasteiger partial charge is 0.391 e. The van der Waals surface area contributed by atoms with Crippen molar-refractivity contribution in [2.45, 2.75) is 19.4 Å². The van der Waals surface area contributed by atoms with Crippen LogP contribution >= 0.6 is 0 Å². The Labute approximate surface area is 130 Å². The smallest absolute Gasteiger partial charge is 0.236 e. The number of amides is 1. The Morgan fingerprint density at radius 1 is 1.41 bits per heavy atom. The van der Waals surface area contributed by atoms with Gasteiger partial charge in [-0.15, -0.1) is 0 Å². The number of likely N-dealkylation sites (tertiary alicyclic amines) is 1. The van der Waals surface area contributed by atoms with Gasteiger partial charge >= 0.3 is 0 Å². The molecule has 22 heavy (non-hydrogen) atoms. The molecule has 2 atom stereocenters. The van der Waals surface area contributed by atoms with Crippen LogP contribution in [0.15, 0.2) is 6.07 Å². The molecular formula is C15H25N5O2. The second-order valence-corrected chi connectivity index (χ2v) is 6.40. The van der Waals surface area contributed by atoms with Gasteiger partial charge in [-0.05, 0) is 19.4 Å². The third-order valence-electron chi connectivity index (χ3n) is 4.54. The predicted octanol–water partition coefficient (Wildman–Crippen LogP) is -1.01. The molecule has 0 aromatic carbocycles. The lowest BCUT2D eigenvalue weighted by molar-refractivity contribution is -0.132. The van der Waals surface area contributed by atoms with Crippen molar-refractivity contribution >= 4 is 5.91 Å². The van der Waals surface area contributed by atoms with E-state index in [4.69, 9.17) is 0 Å². The summed E-state index contributed by atoms with van der Waals surface area (Å²) in [4.78, 5) is 16.3. The average molecular weight is 307 g/mol. The number of aromatic nitrogens is 2. The number of H-pyrrole nitrogens is 1. The van der Waals surface area contributed by atoms with E-state index >= 15 is 0 Å². The van der Waals surface area contributed by atoms with Crippen molar-refractivity contribution in [1.29, 1.82) is 0 Å². The first kappa shape index (κ1) is 15.5. The Hall–Kier alpha value is -1.44. The van der Waals surface area contributed by atoms with Crippen LogP contribution in [0.5, 0.6) is 0 Å². The molecule has 3 N–H and O–H groups in total. The Kier molecular flexibility index (Phi) is 4.75. The van der Waals surface area contributed by atoms with Gasteiger partial charge in [0.15, 0.2) is 0 Å². The lowest BCUT2D eigenvalue weighted by Crippen LogP contribution is -2.49. The van der Waals surface area contributed by atoms with E-state index in [1.54, 1.807) is 0 Å². The SMILES string of the molecule is Cc1cc(C[C@@H]2CN(CC(=O)N3CCNCC3)C[C@H]2O)n[nH]1. The molecule has 1 aromatic heterocycles. The summed E-state index contributed by atoms with van der Waals surface area (Å²) >= 11 is 0. The summed E-state index contributed by atoms with van der Waals surface area (Å²) in [5.74, 6) is 0.323. The van der Waals surface area contributed by atoms with Crippen LogP contribution in [0.4, 0.5) is 0 Å². The van der Waals surface area contributed by atoms with Crippen LogP contribution < -0.4 is 5.32 Å². The van der Waals surface area contributed by atoms with Crippen LogP contribution in [0.25, 0.3) is 0 Å². The van der Waals surface area contributed by atoms with E-state index < -0.39 is 0 Å². The second-order valence-electron chi connectivity index (χ2n) is 6.40. The van der Waals surface area contributed by atoms with E-state index in [9.17, 15) is 9.90 Å². The lowest BCUT2D eigenvalue weighted by atomic mass is 10.0. The molecule has 122 valence electrons. The van der Waals surface area contributed by atoms with Crippen molar-refractivity contribution in [2.75, 3.05) is 45.8 Å². The van der Waals surface area contributed by atoms with Gasteiger partial charge in [0, 0.05) is 50.9 Å². The highest BCUT2D eigenvalue weighted by molar-refractivity contribution is 5.78. The molecule has 0 aliphatic carbocycles. The Morgan fingerprint density at radius 2 is 2.18 bits per heavy atom. The minimum absolute atomic E-state index is 0.151. The van der Waals surface area contributed by atoms with Crippen molar-refractivity contribution in [3.8, 4) is 0 Å². The zero-order valence-corrected chi connectivity index (χ0v) is 13.1. The number of β-amino-alcohol motifs (C(OH)–C–C–N with tert-alkyl or cyclic N) is 1. The molecule has 2 aliphatic heterocycles. The molecule has 0 spiro atoms. The van der Waals surface area contributed by atoms with Crippen molar-refractivity contribution in [1.82, 2.24) is 25.3 Å². The number of aliphatic hydroxyl groups is 1. The fourth-order valence-corrected chi connectivity index (χ4v) is 3.32. The number of nitrogens with one attached hydrogen (secondary N) is 2. The maximum Gasteiger partial charge on any atom is 0.236 e. The number of piperazine rings is 1. The first-order chi connectivity index (χ1) is 10.6. The van der Waals surface area contributed by atoms with Crippen LogP contribution in [0, 0.1) is 12.8 Å². The summed E-state index contributed by atoms with van der Waals surface area (Å²) in [5, 5.41) is 20.7. The maximum absolute atomic E-state index is 12.3. The highest BCUT2D eigenvalue weighted by Gasteiger charge is 2.33. The van der Waals surface area contributed by atoms with E-state index in [1.807, 2.05) is 17.9 Å². The van der Waals surface area contributed by atoms with Crippen molar-refractivity contribution in [2.24, 2.45) is 5.92 Å². The highest BCUT2D eigenvalue weighted by atomic mass is 16.3. The number of aliphatic hydroxyl groups excluding tert-OH is 1. The van der Waals surface area contributed by atoms with Gasteiger partial charge in [-0.25, -0.2) is 0 Å². The molecule has 0 unspecified atom stereocenters. The standard InChI is InChI=1S/C15H25N5O2/c1-11-6-13(18-17-11)7-12-8-19(9-14(12)21)10-15(22)20-4-2-16-3-5-20/h6,12,14,16,21H,2-5,7-10H2,1H3,(H,17,18)/t12-,14-/m1/s1. The monoisotopic (exact) mass is 307 g/mol. The van der Waals surface area contributed by atoms with E-state index in [0.717, 1.165) is 50.5 Å². The molecule has 2 aliphatic rings. The number of aryl methyl sites for hydroxylation is 1. The molecule has 2 fully saturated rings. The number of nitrogens with zero attached hydrogens (tertiary/aromatic N) is 3. The van der Waals surface area contributed by atoms with E-state index in [-0.39, 0.29) is 17.9 Å². The Morgan fingerprint density at radius 3 is 2.86 bits per heavy atom. The van der Waals surface area contributed by atoms with Crippen molar-refractivity contribution < 1.29 is 9.90 Å². The van der Waals surface area contributed by atoms with E-state index in [0.29, 0.717) is 13.1 Å². The van der Waals surface area contributed by atoms with Gasteiger partial charge in [-0.1, -0.05) is 0 Å². The number of aromatic amines is 1. The van der Waals surface area contributed by atoms with Gasteiger partial charge in [0.25, 0.3) is 0 Å². The average Bonchev–Trinajstić information content (AvgIpc) is 3.06. The van der Waals surface area contributed by atoms with Gasteiger partial charge in [0.2, 0.25) is 5.91 Å². The normalized spacial score (nSPS) is 26.5. The Balaban J connectivity index is 1.50. The molecule has 3 heterocycles. The van der Waals surface area contributed by atoms with Crippen molar-refractivity contribution in [3.05, 3.63) is 17.5 Å².